The van der Waals surface area contributed by atoms with E-state index in [1.807, 2.05) is 53.1 Å². The highest BCUT2D eigenvalue weighted by atomic mass is 19.1. The van der Waals surface area contributed by atoms with Gasteiger partial charge in [0.25, 0.3) is 0 Å². The Labute approximate surface area is 280 Å². The van der Waals surface area contributed by atoms with E-state index in [1.165, 1.54) is 24.4 Å². The molecule has 5 heterocycles. The van der Waals surface area contributed by atoms with Gasteiger partial charge in [0.15, 0.2) is 11.5 Å². The third-order valence-corrected chi connectivity index (χ3v) is 8.56. The van der Waals surface area contributed by atoms with Crippen molar-refractivity contribution < 1.29 is 19.7 Å². The lowest BCUT2D eigenvalue weighted by molar-refractivity contribution is -0.314. The Kier molecular flexibility index (Phi) is 8.41. The molecule has 0 amide bonds. The van der Waals surface area contributed by atoms with E-state index in [4.69, 9.17) is 15.7 Å². The first-order valence-electron chi connectivity index (χ1n) is 15.6. The normalized spacial score (nSPS) is 14.2. The zero-order chi connectivity index (χ0) is 34.1. The molecule has 0 saturated carbocycles. The molecular weight excluding hydrogens is 627 g/mol. The highest BCUT2D eigenvalue weighted by Crippen LogP contribution is 2.32. The van der Waals surface area contributed by atoms with Gasteiger partial charge in [-0.25, -0.2) is 29.3 Å². The lowest BCUT2D eigenvalue weighted by Crippen LogP contribution is -2.57. The van der Waals surface area contributed by atoms with Crippen LogP contribution in [0.25, 0.3) is 39.5 Å². The predicted molar refractivity (Wildman–Crippen MR) is 179 cm³/mol. The highest BCUT2D eigenvalue weighted by molar-refractivity contribution is 5.84. The van der Waals surface area contributed by atoms with Crippen LogP contribution >= 0.6 is 0 Å². The van der Waals surface area contributed by atoms with Gasteiger partial charge in [-0.2, -0.15) is 5.26 Å². The van der Waals surface area contributed by atoms with E-state index in [-0.39, 0.29) is 17.5 Å². The van der Waals surface area contributed by atoms with Crippen molar-refractivity contribution in [2.45, 2.75) is 31.5 Å². The van der Waals surface area contributed by atoms with Gasteiger partial charge >= 0.3 is 6.10 Å². The van der Waals surface area contributed by atoms with Crippen molar-refractivity contribution in [2.75, 3.05) is 23.7 Å². The molecule has 7 rings (SSSR count). The molecule has 14 heteroatoms. The summed E-state index contributed by atoms with van der Waals surface area (Å²) in [6.07, 6.45) is 0.814. The number of hydrogen-bond acceptors (Lipinski definition) is 12. The van der Waals surface area contributed by atoms with Crippen LogP contribution in [0.1, 0.15) is 24.2 Å². The molecule has 1 aliphatic rings. The van der Waals surface area contributed by atoms with Crippen LogP contribution in [0.2, 0.25) is 0 Å². The van der Waals surface area contributed by atoms with E-state index >= 15 is 0 Å². The molecule has 1 saturated heterocycles. The lowest BCUT2D eigenvalue weighted by atomic mass is 10.0. The molecule has 0 bridgehead atoms. The zero-order valence-corrected chi connectivity index (χ0v) is 26.1. The minimum atomic E-state index is -3.16. The van der Waals surface area contributed by atoms with Gasteiger partial charge in [-0.3, -0.25) is 14.4 Å². The molecule has 0 unspecified atom stereocenters. The largest absolute Gasteiger partial charge is 0.383 e. The number of imidazole rings is 1. The molecular formula is C35H31FN10O3. The van der Waals surface area contributed by atoms with Crippen LogP contribution in [0.4, 0.5) is 16.0 Å². The number of nitrogens with two attached hydrogens (primary N) is 1. The van der Waals surface area contributed by atoms with Crippen LogP contribution in [-0.4, -0.2) is 74.9 Å². The van der Waals surface area contributed by atoms with Gasteiger partial charge in [0, 0.05) is 49.3 Å². The second-order valence-electron chi connectivity index (χ2n) is 11.7. The van der Waals surface area contributed by atoms with E-state index < -0.39 is 12.1 Å². The van der Waals surface area contributed by atoms with Crippen LogP contribution in [0.3, 0.4) is 0 Å². The Hall–Kier alpha value is -5.85. The maximum Gasteiger partial charge on any atom is 0.371 e. The van der Waals surface area contributed by atoms with E-state index in [1.54, 1.807) is 24.4 Å². The third kappa shape index (κ3) is 6.51. The topological polar surface area (TPSA) is 186 Å². The van der Waals surface area contributed by atoms with E-state index in [9.17, 15) is 25.0 Å². The van der Waals surface area contributed by atoms with Crippen molar-refractivity contribution >= 4 is 22.8 Å². The summed E-state index contributed by atoms with van der Waals surface area (Å²) in [6, 6.07) is 24.4. The first-order valence-corrected chi connectivity index (χ1v) is 15.6. The minimum Gasteiger partial charge on any atom is -0.383 e. The summed E-state index contributed by atoms with van der Waals surface area (Å²) in [4.78, 5) is 25.2. The molecule has 0 atom stereocenters. The fraction of sp³-hybridized carbons (Fsp3) is 0.200. The molecule has 2 aromatic carbocycles. The summed E-state index contributed by atoms with van der Waals surface area (Å²) in [6.45, 7) is 1.87. The molecule has 13 nitrogen and oxygen atoms in total. The molecule has 0 spiro atoms. The van der Waals surface area contributed by atoms with Crippen molar-refractivity contribution in [3.8, 4) is 34.4 Å². The number of likely N-dealkylation sites (tertiary alicyclic amines) is 1. The Morgan fingerprint density at radius 3 is 2.35 bits per heavy atom. The summed E-state index contributed by atoms with van der Waals surface area (Å²) in [5, 5.41) is 39.6. The number of pyridine rings is 2. The number of nitrogens with zero attached hydrogens (tertiary/aromatic N) is 9. The number of anilines is 2. The average molecular weight is 659 g/mol. The Bertz CT molecular complexity index is 2150. The number of piperidine rings is 1. The SMILES string of the molecule is N#Cc1nccc(N(C2CCN(Cc3ccc(-n4c(-c5cccnc5N)nc5ccc(-c6ccc(F)cc6)nc54)cc3)CC2)C(O)(O)O)n1. The second-order valence-corrected chi connectivity index (χ2v) is 11.7. The lowest BCUT2D eigenvalue weighted by Gasteiger charge is -2.42. The van der Waals surface area contributed by atoms with Crippen LogP contribution in [0, 0.1) is 17.1 Å². The Balaban J connectivity index is 1.14. The van der Waals surface area contributed by atoms with E-state index in [2.05, 4.69) is 19.9 Å². The summed E-state index contributed by atoms with van der Waals surface area (Å²) in [7, 11) is 0. The predicted octanol–water partition coefficient (Wildman–Crippen LogP) is 3.59. The fourth-order valence-electron chi connectivity index (χ4n) is 6.24. The number of halogens is 1. The quantitative estimate of drug-likeness (QED) is 0.174. The summed E-state index contributed by atoms with van der Waals surface area (Å²) >= 11 is 0. The van der Waals surface area contributed by atoms with E-state index in [0.29, 0.717) is 66.5 Å². The van der Waals surface area contributed by atoms with Gasteiger partial charge in [0.05, 0.1) is 11.3 Å². The van der Waals surface area contributed by atoms with Crippen LogP contribution in [-0.2, 0) is 6.54 Å². The van der Waals surface area contributed by atoms with Crippen LogP contribution in [0.15, 0.2) is 91.3 Å². The van der Waals surface area contributed by atoms with Crippen molar-refractivity contribution in [1.82, 2.24) is 34.4 Å². The van der Waals surface area contributed by atoms with Crippen molar-refractivity contribution in [2.24, 2.45) is 0 Å². The molecule has 246 valence electrons. The first-order chi connectivity index (χ1) is 23.7. The number of aliphatic hydroxyl groups is 3. The molecule has 1 fully saturated rings. The number of benzene rings is 2. The molecule has 1 aliphatic heterocycles. The van der Waals surface area contributed by atoms with Gasteiger partial charge in [0.2, 0.25) is 5.82 Å². The van der Waals surface area contributed by atoms with E-state index in [0.717, 1.165) is 21.7 Å². The van der Waals surface area contributed by atoms with Crippen molar-refractivity contribution in [3.63, 3.8) is 0 Å². The van der Waals surface area contributed by atoms with Gasteiger partial charge in [0.1, 0.15) is 29.0 Å². The van der Waals surface area contributed by atoms with Gasteiger partial charge in [-0.15, -0.1) is 0 Å². The number of rotatable bonds is 8. The molecule has 4 aromatic heterocycles. The second kappa shape index (κ2) is 13.0. The maximum absolute atomic E-state index is 13.6. The molecule has 0 aliphatic carbocycles. The first kappa shape index (κ1) is 31.7. The van der Waals surface area contributed by atoms with Crippen LogP contribution < -0.4 is 10.6 Å². The van der Waals surface area contributed by atoms with Crippen molar-refractivity contribution in [3.05, 3.63) is 108 Å². The minimum absolute atomic E-state index is 0.0480. The number of nitrogen functional groups attached to an aromatic ring is 1. The zero-order valence-electron chi connectivity index (χ0n) is 26.1. The molecule has 49 heavy (non-hydrogen) atoms. The van der Waals surface area contributed by atoms with Gasteiger partial charge in [-0.05, 0) is 85.1 Å². The smallest absolute Gasteiger partial charge is 0.371 e. The van der Waals surface area contributed by atoms with Crippen molar-refractivity contribution in [1.29, 1.82) is 5.26 Å². The summed E-state index contributed by atoms with van der Waals surface area (Å²) < 4.78 is 15.6. The fourth-order valence-corrected chi connectivity index (χ4v) is 6.24. The number of nitriles is 1. The van der Waals surface area contributed by atoms with Crippen LogP contribution in [0.5, 0.6) is 0 Å². The molecule has 5 N–H and O–H groups in total. The monoisotopic (exact) mass is 658 g/mol. The maximum atomic E-state index is 13.6. The average Bonchev–Trinajstić information content (AvgIpc) is 3.48. The summed E-state index contributed by atoms with van der Waals surface area (Å²) in [5.41, 5.74) is 11.5. The van der Waals surface area contributed by atoms with Gasteiger partial charge < -0.3 is 21.1 Å². The third-order valence-electron chi connectivity index (χ3n) is 8.56. The summed E-state index contributed by atoms with van der Waals surface area (Å²) in [5.74, 6) is 0.503. The van der Waals surface area contributed by atoms with Gasteiger partial charge in [-0.1, -0.05) is 12.1 Å². The number of aromatic nitrogens is 6. The Morgan fingerprint density at radius 2 is 1.65 bits per heavy atom. The molecule has 6 aromatic rings. The highest BCUT2D eigenvalue weighted by Gasteiger charge is 2.38. The Morgan fingerprint density at radius 1 is 0.898 bits per heavy atom. The standard InChI is InChI=1S/C35H31FN10O3/c36-24-7-5-23(6-8-24)28-11-12-29-34(41-28)45(33(42-29)27-2-1-16-40-32(27)38)25-9-3-22(4-10-25)21-44-18-14-26(15-19-44)46(35(47,48)49)31-13-17-39-30(20-37)43-31/h1-13,16-17,26,47-49H,14-15,18-19,21H2,(H2,38,40). The molecule has 0 radical (unpaired) electrons. The number of fused-ring (bicyclic) bond motifs is 1. The number of hydrogen-bond donors (Lipinski definition) is 4.